The Bertz CT molecular complexity index is 1790. The summed E-state index contributed by atoms with van der Waals surface area (Å²) < 4.78 is 2.49. The van der Waals surface area contributed by atoms with Crippen molar-refractivity contribution in [1.29, 1.82) is 0 Å². The summed E-state index contributed by atoms with van der Waals surface area (Å²) in [5.41, 5.74) is 11.1. The van der Waals surface area contributed by atoms with Gasteiger partial charge in [-0.05, 0) is 83.7 Å². The maximum absolute atomic E-state index is 2.75. The average Bonchev–Trinajstić information content (AvgIpc) is 3.38. The predicted octanol–water partition coefficient (Wildman–Crippen LogP) is 11.1. The molecule has 5 aromatic rings. The summed E-state index contributed by atoms with van der Waals surface area (Å²) in [4.78, 5) is 2.75. The van der Waals surface area contributed by atoms with Gasteiger partial charge in [-0.1, -0.05) is 110 Å². The van der Waals surface area contributed by atoms with Crippen molar-refractivity contribution in [3.63, 3.8) is 0 Å². The minimum Gasteiger partial charge on any atom is -0.334 e. The lowest BCUT2D eigenvalue weighted by atomic mass is 9.61. The van der Waals surface area contributed by atoms with Crippen LogP contribution < -0.4 is 4.90 Å². The molecular weight excluding hydrogens is 508 g/mol. The van der Waals surface area contributed by atoms with E-state index >= 15 is 0 Å². The van der Waals surface area contributed by atoms with Crippen LogP contribution in [-0.4, -0.2) is 10.1 Å². The quantitative estimate of drug-likeness (QED) is 0.211. The van der Waals surface area contributed by atoms with Gasteiger partial charge < -0.3 is 9.47 Å². The summed E-state index contributed by atoms with van der Waals surface area (Å²) in [6, 6.07) is 32.5. The third kappa shape index (κ3) is 3.83. The summed E-state index contributed by atoms with van der Waals surface area (Å²) in [6.45, 7) is 19.2. The van der Waals surface area contributed by atoms with Gasteiger partial charge in [0.25, 0.3) is 0 Å². The zero-order chi connectivity index (χ0) is 29.7. The molecule has 2 aliphatic rings. The first-order chi connectivity index (χ1) is 19.8. The van der Waals surface area contributed by atoms with Gasteiger partial charge in [0.05, 0.1) is 16.6 Å². The highest BCUT2D eigenvalue weighted by Gasteiger charge is 2.57. The van der Waals surface area contributed by atoms with Crippen LogP contribution in [0.15, 0.2) is 84.9 Å². The first kappa shape index (κ1) is 27.3. The topological polar surface area (TPSA) is 8.17 Å². The summed E-state index contributed by atoms with van der Waals surface area (Å²) >= 11 is 0. The van der Waals surface area contributed by atoms with Gasteiger partial charge in [-0.25, -0.2) is 0 Å². The van der Waals surface area contributed by atoms with E-state index < -0.39 is 0 Å². The fourth-order valence-electron chi connectivity index (χ4n) is 8.09. The molecule has 2 heterocycles. The minimum atomic E-state index is 0.0126. The lowest BCUT2D eigenvalue weighted by Crippen LogP contribution is -2.54. The third-order valence-corrected chi connectivity index (χ3v) is 10.8. The van der Waals surface area contributed by atoms with Crippen molar-refractivity contribution in [3.05, 3.63) is 102 Å². The number of para-hydroxylation sites is 2. The van der Waals surface area contributed by atoms with Crippen LogP contribution in [0.1, 0.15) is 97.8 Å². The highest BCUT2D eigenvalue weighted by molar-refractivity contribution is 6.09. The third-order valence-electron chi connectivity index (χ3n) is 10.8. The van der Waals surface area contributed by atoms with Gasteiger partial charge in [-0.2, -0.15) is 0 Å². The van der Waals surface area contributed by atoms with Crippen molar-refractivity contribution < 1.29 is 0 Å². The Balaban J connectivity index is 1.52. The molecule has 1 aromatic heterocycles. The highest BCUT2D eigenvalue weighted by atomic mass is 15.3. The minimum absolute atomic E-state index is 0.0126. The average molecular weight is 555 g/mol. The molecule has 0 spiro atoms. The van der Waals surface area contributed by atoms with Crippen LogP contribution in [0.5, 0.6) is 0 Å². The maximum atomic E-state index is 2.75. The molecule has 2 atom stereocenters. The van der Waals surface area contributed by atoms with Crippen molar-refractivity contribution in [2.24, 2.45) is 0 Å². The SMILES string of the molecule is CC(C)(C)c1cc(N2c3ccc(C(C)(C)C)cc3C3(C)CCCCC23C)cc(-n2c3ccccc3c3ccccc32)c1. The maximum Gasteiger partial charge on any atom is 0.0541 e. The normalized spacial score (nSPS) is 22.5. The largest absolute Gasteiger partial charge is 0.334 e. The van der Waals surface area contributed by atoms with Crippen LogP contribution in [0, 0.1) is 0 Å². The molecule has 1 aliphatic heterocycles. The first-order valence-corrected chi connectivity index (χ1v) is 15.9. The Kier molecular flexibility index (Phi) is 5.85. The predicted molar refractivity (Wildman–Crippen MR) is 181 cm³/mol. The second kappa shape index (κ2) is 8.99. The van der Waals surface area contributed by atoms with Crippen molar-refractivity contribution in [1.82, 2.24) is 4.57 Å². The van der Waals surface area contributed by atoms with Crippen LogP contribution in [0.2, 0.25) is 0 Å². The summed E-state index contributed by atoms with van der Waals surface area (Å²) in [5, 5.41) is 2.62. The van der Waals surface area contributed by atoms with E-state index in [9.17, 15) is 0 Å². The van der Waals surface area contributed by atoms with Crippen LogP contribution in [0.25, 0.3) is 27.5 Å². The fraction of sp³-hybridized carbons (Fsp3) is 0.400. The molecule has 0 saturated heterocycles. The van der Waals surface area contributed by atoms with E-state index in [1.165, 1.54) is 81.2 Å². The molecular formula is C40H46N2. The lowest BCUT2D eigenvalue weighted by Gasteiger charge is -2.50. The van der Waals surface area contributed by atoms with Crippen molar-refractivity contribution in [2.45, 2.75) is 103 Å². The summed E-state index contributed by atoms with van der Waals surface area (Å²) in [6.07, 6.45) is 5.02. The van der Waals surface area contributed by atoms with Crippen LogP contribution in [-0.2, 0) is 16.2 Å². The number of rotatable bonds is 2. The summed E-state index contributed by atoms with van der Waals surface area (Å²) in [7, 11) is 0. The molecule has 0 radical (unpaired) electrons. The van der Waals surface area contributed by atoms with Gasteiger partial charge in [-0.3, -0.25) is 0 Å². The molecule has 216 valence electrons. The number of nitrogens with zero attached hydrogens (tertiary/aromatic N) is 2. The fourth-order valence-corrected chi connectivity index (χ4v) is 8.09. The lowest BCUT2D eigenvalue weighted by molar-refractivity contribution is 0.194. The number of hydrogen-bond acceptors (Lipinski definition) is 1. The molecule has 1 aliphatic carbocycles. The number of benzene rings is 4. The van der Waals surface area contributed by atoms with E-state index in [-0.39, 0.29) is 21.8 Å². The van der Waals surface area contributed by atoms with E-state index in [1.807, 2.05) is 0 Å². The molecule has 2 nitrogen and oxygen atoms in total. The Morgan fingerprint density at radius 1 is 0.595 bits per heavy atom. The smallest absolute Gasteiger partial charge is 0.0541 e. The number of aromatic nitrogens is 1. The molecule has 1 fully saturated rings. The molecule has 7 rings (SSSR count). The van der Waals surface area contributed by atoms with Gasteiger partial charge in [0.15, 0.2) is 0 Å². The number of fused-ring (bicyclic) bond motifs is 6. The second-order valence-electron chi connectivity index (χ2n) is 15.5. The summed E-state index contributed by atoms with van der Waals surface area (Å²) in [5.74, 6) is 0. The van der Waals surface area contributed by atoms with Crippen LogP contribution in [0.3, 0.4) is 0 Å². The van der Waals surface area contributed by atoms with E-state index in [1.54, 1.807) is 0 Å². The van der Waals surface area contributed by atoms with Crippen LogP contribution >= 0.6 is 0 Å². The van der Waals surface area contributed by atoms with E-state index in [2.05, 4.69) is 150 Å². The Morgan fingerprint density at radius 3 is 1.79 bits per heavy atom. The van der Waals surface area contributed by atoms with Crippen molar-refractivity contribution >= 4 is 33.2 Å². The zero-order valence-corrected chi connectivity index (χ0v) is 26.8. The van der Waals surface area contributed by atoms with Gasteiger partial charge in [0.2, 0.25) is 0 Å². The van der Waals surface area contributed by atoms with Gasteiger partial charge in [-0.15, -0.1) is 0 Å². The van der Waals surface area contributed by atoms with Gasteiger partial charge in [0.1, 0.15) is 0 Å². The molecule has 0 bridgehead atoms. The van der Waals surface area contributed by atoms with Gasteiger partial charge >= 0.3 is 0 Å². The Morgan fingerprint density at radius 2 is 1.17 bits per heavy atom. The second-order valence-corrected chi connectivity index (χ2v) is 15.5. The number of anilines is 2. The molecule has 0 amide bonds. The van der Waals surface area contributed by atoms with E-state index in [4.69, 9.17) is 0 Å². The monoisotopic (exact) mass is 554 g/mol. The standard InChI is InChI=1S/C40H46N2/c1-37(2,3)27-19-20-36-33(25-27)39(7)21-13-14-22-40(39,8)42(36)30-24-28(38(4,5)6)23-29(26-30)41-34-17-11-9-15-31(34)32-16-10-12-18-35(32)41/h9-12,15-20,23-26H,13-14,21-22H2,1-8H3. The van der Waals surface area contributed by atoms with Crippen LogP contribution in [0.4, 0.5) is 11.4 Å². The molecule has 2 heteroatoms. The Hall–Kier alpha value is -3.52. The van der Waals surface area contributed by atoms with E-state index in [0.717, 1.165) is 0 Å². The van der Waals surface area contributed by atoms with Gasteiger partial charge in [0, 0.05) is 33.2 Å². The molecule has 0 N–H and O–H groups in total. The van der Waals surface area contributed by atoms with E-state index in [0.29, 0.717) is 0 Å². The molecule has 2 unspecified atom stereocenters. The number of hydrogen-bond donors (Lipinski definition) is 0. The highest BCUT2D eigenvalue weighted by Crippen LogP contribution is 2.61. The Labute approximate surface area is 252 Å². The zero-order valence-electron chi connectivity index (χ0n) is 26.8. The molecule has 1 saturated carbocycles. The molecule has 42 heavy (non-hydrogen) atoms. The van der Waals surface area contributed by atoms with Crippen molar-refractivity contribution in [3.8, 4) is 5.69 Å². The van der Waals surface area contributed by atoms with Crippen molar-refractivity contribution in [2.75, 3.05) is 4.90 Å². The molecule has 4 aromatic carbocycles. The first-order valence-electron chi connectivity index (χ1n) is 15.9.